The minimum atomic E-state index is -0.815. The van der Waals surface area contributed by atoms with Crippen molar-refractivity contribution in [3.63, 3.8) is 0 Å². The largest absolute Gasteiger partial charge is 0.344 e. The van der Waals surface area contributed by atoms with E-state index in [9.17, 15) is 9.59 Å². The molecule has 0 atom stereocenters. The minimum absolute atomic E-state index is 0.230. The van der Waals surface area contributed by atoms with Gasteiger partial charge in [0.1, 0.15) is 0 Å². The topological polar surface area (TPSA) is 75.5 Å². The standard InChI is InChI=1S/C18H20N4O2/c1-4-10-19-17(23)18(24)21-20-12-15-11-13(2)22(14(15)3)16-8-6-5-7-9-16/h4-9,11-12H,1,10H2,2-3H3,(H,19,23)(H,21,24). The van der Waals surface area contributed by atoms with Crippen molar-refractivity contribution in [1.82, 2.24) is 15.3 Å². The molecule has 2 amide bonds. The Kier molecular flexibility index (Phi) is 5.68. The molecule has 1 heterocycles. The van der Waals surface area contributed by atoms with Gasteiger partial charge >= 0.3 is 11.8 Å². The maximum Gasteiger partial charge on any atom is 0.329 e. The molecule has 0 spiro atoms. The molecule has 0 saturated heterocycles. The summed E-state index contributed by atoms with van der Waals surface area (Å²) in [4.78, 5) is 22.9. The number of nitrogens with zero attached hydrogens (tertiary/aromatic N) is 2. The molecule has 0 aliphatic heterocycles. The number of carbonyl (C=O) groups is 2. The molecule has 1 aromatic carbocycles. The van der Waals surface area contributed by atoms with Gasteiger partial charge in [-0.3, -0.25) is 9.59 Å². The zero-order valence-electron chi connectivity index (χ0n) is 13.7. The second-order valence-corrected chi connectivity index (χ2v) is 5.20. The molecular weight excluding hydrogens is 304 g/mol. The summed E-state index contributed by atoms with van der Waals surface area (Å²) in [6, 6.07) is 11.9. The molecule has 0 radical (unpaired) electrons. The highest BCUT2D eigenvalue weighted by atomic mass is 16.2. The number of aryl methyl sites for hydroxylation is 1. The van der Waals surface area contributed by atoms with Crippen molar-refractivity contribution in [2.75, 3.05) is 6.54 Å². The summed E-state index contributed by atoms with van der Waals surface area (Å²) in [6.45, 7) is 7.66. The van der Waals surface area contributed by atoms with E-state index < -0.39 is 11.8 Å². The Labute approximate surface area is 140 Å². The number of hydrazone groups is 1. The lowest BCUT2D eigenvalue weighted by atomic mass is 10.2. The Balaban J connectivity index is 2.10. The summed E-state index contributed by atoms with van der Waals surface area (Å²) in [6.07, 6.45) is 3.02. The van der Waals surface area contributed by atoms with Crippen LogP contribution in [0.2, 0.25) is 0 Å². The highest BCUT2D eigenvalue weighted by Crippen LogP contribution is 2.19. The summed E-state index contributed by atoms with van der Waals surface area (Å²) in [5, 5.41) is 6.23. The molecule has 24 heavy (non-hydrogen) atoms. The lowest BCUT2D eigenvalue weighted by Gasteiger charge is -2.08. The fourth-order valence-electron chi connectivity index (χ4n) is 2.35. The number of benzene rings is 1. The van der Waals surface area contributed by atoms with Crippen LogP contribution in [-0.4, -0.2) is 29.1 Å². The van der Waals surface area contributed by atoms with E-state index in [-0.39, 0.29) is 6.54 Å². The van der Waals surface area contributed by atoms with Gasteiger partial charge in [-0.15, -0.1) is 6.58 Å². The van der Waals surface area contributed by atoms with E-state index in [1.807, 2.05) is 50.2 Å². The smallest absolute Gasteiger partial charge is 0.329 e. The third kappa shape index (κ3) is 3.98. The summed E-state index contributed by atoms with van der Waals surface area (Å²) < 4.78 is 2.10. The van der Waals surface area contributed by atoms with Gasteiger partial charge in [-0.05, 0) is 32.0 Å². The fraction of sp³-hybridized carbons (Fsp3) is 0.167. The number of carbonyl (C=O) groups excluding carboxylic acids is 2. The Morgan fingerprint density at radius 2 is 1.92 bits per heavy atom. The van der Waals surface area contributed by atoms with Crippen LogP contribution in [0.4, 0.5) is 0 Å². The second kappa shape index (κ2) is 7.92. The molecule has 2 aromatic rings. The maximum absolute atomic E-state index is 11.5. The first-order valence-electron chi connectivity index (χ1n) is 7.51. The first kappa shape index (κ1) is 17.2. The van der Waals surface area contributed by atoms with E-state index >= 15 is 0 Å². The SMILES string of the molecule is C=CCNC(=O)C(=O)NN=Cc1cc(C)n(-c2ccccc2)c1C. The van der Waals surface area contributed by atoms with Crippen molar-refractivity contribution in [1.29, 1.82) is 0 Å². The summed E-state index contributed by atoms with van der Waals surface area (Å²) in [5.74, 6) is -1.56. The molecule has 6 heteroatoms. The highest BCUT2D eigenvalue weighted by molar-refractivity contribution is 6.35. The van der Waals surface area contributed by atoms with Gasteiger partial charge < -0.3 is 9.88 Å². The lowest BCUT2D eigenvalue weighted by Crippen LogP contribution is -2.37. The highest BCUT2D eigenvalue weighted by Gasteiger charge is 2.12. The van der Waals surface area contributed by atoms with Gasteiger partial charge in [-0.1, -0.05) is 24.3 Å². The number of para-hydroxylation sites is 1. The molecule has 2 rings (SSSR count). The Morgan fingerprint density at radius 3 is 2.58 bits per heavy atom. The Morgan fingerprint density at radius 1 is 1.21 bits per heavy atom. The molecule has 0 aliphatic rings. The maximum atomic E-state index is 11.5. The Hall–Kier alpha value is -3.15. The van der Waals surface area contributed by atoms with Crippen LogP contribution < -0.4 is 10.7 Å². The van der Waals surface area contributed by atoms with Crippen molar-refractivity contribution in [3.8, 4) is 5.69 Å². The first-order chi connectivity index (χ1) is 11.5. The molecule has 6 nitrogen and oxygen atoms in total. The predicted molar refractivity (Wildman–Crippen MR) is 94.2 cm³/mol. The average Bonchev–Trinajstić information content (AvgIpc) is 2.87. The predicted octanol–water partition coefficient (Wildman–Crippen LogP) is 1.85. The summed E-state index contributed by atoms with van der Waals surface area (Å²) >= 11 is 0. The summed E-state index contributed by atoms with van der Waals surface area (Å²) in [7, 11) is 0. The zero-order valence-corrected chi connectivity index (χ0v) is 13.7. The molecule has 0 aliphatic carbocycles. The van der Waals surface area contributed by atoms with Crippen LogP contribution in [0.25, 0.3) is 5.69 Å². The van der Waals surface area contributed by atoms with Crippen LogP contribution >= 0.6 is 0 Å². The number of rotatable bonds is 5. The van der Waals surface area contributed by atoms with Gasteiger partial charge in [-0.2, -0.15) is 5.10 Å². The minimum Gasteiger partial charge on any atom is -0.344 e. The monoisotopic (exact) mass is 324 g/mol. The molecule has 2 N–H and O–H groups in total. The molecule has 1 aromatic heterocycles. The van der Waals surface area contributed by atoms with E-state index in [2.05, 4.69) is 27.0 Å². The van der Waals surface area contributed by atoms with Gasteiger partial charge in [0.2, 0.25) is 0 Å². The quantitative estimate of drug-likeness (QED) is 0.381. The normalized spacial score (nSPS) is 10.6. The van der Waals surface area contributed by atoms with Crippen LogP contribution in [0.3, 0.4) is 0 Å². The fourth-order valence-corrected chi connectivity index (χ4v) is 2.35. The average molecular weight is 324 g/mol. The van der Waals surface area contributed by atoms with E-state index in [0.29, 0.717) is 0 Å². The molecule has 0 saturated carbocycles. The van der Waals surface area contributed by atoms with Crippen molar-refractivity contribution >= 4 is 18.0 Å². The third-order valence-corrected chi connectivity index (χ3v) is 3.47. The summed E-state index contributed by atoms with van der Waals surface area (Å²) in [5.41, 5.74) is 6.17. The molecule has 0 fully saturated rings. The van der Waals surface area contributed by atoms with E-state index in [0.717, 1.165) is 22.6 Å². The van der Waals surface area contributed by atoms with Gasteiger partial charge in [-0.25, -0.2) is 5.43 Å². The number of hydrogen-bond donors (Lipinski definition) is 2. The number of aromatic nitrogens is 1. The van der Waals surface area contributed by atoms with Crippen molar-refractivity contribution < 1.29 is 9.59 Å². The zero-order chi connectivity index (χ0) is 17.5. The Bertz CT molecular complexity index is 776. The van der Waals surface area contributed by atoms with Gasteiger partial charge in [0, 0.05) is 29.2 Å². The molecule has 124 valence electrons. The van der Waals surface area contributed by atoms with Crippen LogP contribution in [0, 0.1) is 13.8 Å². The lowest BCUT2D eigenvalue weighted by molar-refractivity contribution is -0.139. The van der Waals surface area contributed by atoms with E-state index in [1.165, 1.54) is 12.3 Å². The third-order valence-electron chi connectivity index (χ3n) is 3.47. The number of hydrogen-bond acceptors (Lipinski definition) is 3. The van der Waals surface area contributed by atoms with Gasteiger partial charge in [0.15, 0.2) is 0 Å². The van der Waals surface area contributed by atoms with Crippen molar-refractivity contribution in [2.24, 2.45) is 5.10 Å². The second-order valence-electron chi connectivity index (χ2n) is 5.20. The molecular formula is C18H20N4O2. The number of amides is 2. The van der Waals surface area contributed by atoms with Crippen molar-refractivity contribution in [3.05, 3.63) is 66.0 Å². The molecule has 0 bridgehead atoms. The van der Waals surface area contributed by atoms with E-state index in [1.54, 1.807) is 0 Å². The first-order valence-corrected chi connectivity index (χ1v) is 7.51. The van der Waals surface area contributed by atoms with Gasteiger partial charge in [0.25, 0.3) is 0 Å². The van der Waals surface area contributed by atoms with Crippen LogP contribution in [0.15, 0.2) is 54.2 Å². The van der Waals surface area contributed by atoms with Gasteiger partial charge in [0.05, 0.1) is 6.21 Å². The van der Waals surface area contributed by atoms with Crippen LogP contribution in [0.1, 0.15) is 17.0 Å². The van der Waals surface area contributed by atoms with Crippen LogP contribution in [-0.2, 0) is 9.59 Å². The van der Waals surface area contributed by atoms with Crippen LogP contribution in [0.5, 0.6) is 0 Å². The van der Waals surface area contributed by atoms with Crippen molar-refractivity contribution in [2.45, 2.75) is 13.8 Å². The molecule has 0 unspecified atom stereocenters. The number of nitrogens with one attached hydrogen (secondary N) is 2. The van der Waals surface area contributed by atoms with E-state index in [4.69, 9.17) is 0 Å².